The zero-order valence-corrected chi connectivity index (χ0v) is 16.3. The minimum atomic E-state index is -3.49. The Bertz CT molecular complexity index is 733. The van der Waals surface area contributed by atoms with E-state index >= 15 is 0 Å². The van der Waals surface area contributed by atoms with Gasteiger partial charge in [0.25, 0.3) is 0 Å². The van der Waals surface area contributed by atoms with E-state index in [1.54, 1.807) is 45.2 Å². The Hall–Kier alpha value is -1.94. The van der Waals surface area contributed by atoms with Crippen LogP contribution in [0, 0.1) is 0 Å². The van der Waals surface area contributed by atoms with Gasteiger partial charge in [0.2, 0.25) is 0 Å². The first-order valence-corrected chi connectivity index (χ1v) is 10.3. The number of benzene rings is 2. The van der Waals surface area contributed by atoms with E-state index in [1.165, 1.54) is 0 Å². The molecular weight excluding hydrogens is 351 g/mol. The maximum atomic E-state index is 13.4. The third-order valence-electron chi connectivity index (χ3n) is 3.97. The second kappa shape index (κ2) is 9.67. The van der Waals surface area contributed by atoms with Crippen LogP contribution in [0.15, 0.2) is 54.6 Å². The molecule has 0 radical (unpaired) electrons. The minimum Gasteiger partial charge on any atom is -0.497 e. The van der Waals surface area contributed by atoms with Gasteiger partial charge in [-0.05, 0) is 43.7 Å². The first kappa shape index (κ1) is 20.4. The lowest BCUT2D eigenvalue weighted by Gasteiger charge is -2.26. The fourth-order valence-corrected chi connectivity index (χ4v) is 4.82. The highest BCUT2D eigenvalue weighted by molar-refractivity contribution is 7.54. The van der Waals surface area contributed by atoms with E-state index in [0.717, 1.165) is 5.56 Å². The predicted octanol–water partition coefficient (Wildman–Crippen LogP) is 5.28. The molecule has 0 saturated heterocycles. The summed E-state index contributed by atoms with van der Waals surface area (Å²) in [5, 5.41) is 0. The van der Waals surface area contributed by atoms with E-state index in [-0.39, 0.29) is 25.4 Å². The van der Waals surface area contributed by atoms with Crippen LogP contribution >= 0.6 is 7.60 Å². The van der Waals surface area contributed by atoms with Crippen molar-refractivity contribution in [3.8, 4) is 5.75 Å². The Balaban J connectivity index is 2.34. The molecule has 2 rings (SSSR count). The quantitative estimate of drug-likeness (QED) is 0.417. The van der Waals surface area contributed by atoms with Crippen LogP contribution in [-0.2, 0) is 13.6 Å². The standard InChI is InChI=1S/C20H25O5P/c1-4-24-26(22,25-5-2)20(17-9-7-6-8-10-17)15-19(21)16-11-13-18(23-3)14-12-16/h6-14,20H,4-5,15H2,1-3H3. The Morgan fingerprint density at radius 2 is 1.54 bits per heavy atom. The number of methoxy groups -OCH3 is 1. The molecule has 0 bridgehead atoms. The van der Waals surface area contributed by atoms with Crippen molar-refractivity contribution >= 4 is 13.4 Å². The monoisotopic (exact) mass is 376 g/mol. The van der Waals surface area contributed by atoms with Gasteiger partial charge in [0.15, 0.2) is 5.78 Å². The van der Waals surface area contributed by atoms with Gasteiger partial charge in [-0.15, -0.1) is 0 Å². The van der Waals surface area contributed by atoms with Crippen molar-refractivity contribution in [1.29, 1.82) is 0 Å². The molecule has 0 aliphatic rings. The van der Waals surface area contributed by atoms with Gasteiger partial charge in [-0.25, -0.2) is 0 Å². The molecule has 0 N–H and O–H groups in total. The molecule has 0 amide bonds. The molecule has 5 nitrogen and oxygen atoms in total. The molecule has 0 fully saturated rings. The number of carbonyl (C=O) groups is 1. The molecule has 0 heterocycles. The van der Waals surface area contributed by atoms with Gasteiger partial charge in [-0.1, -0.05) is 30.3 Å². The molecule has 0 aliphatic carbocycles. The highest BCUT2D eigenvalue weighted by Gasteiger charge is 2.38. The number of ketones is 1. The number of ether oxygens (including phenoxy) is 1. The molecular formula is C20H25O5P. The molecule has 2 aromatic carbocycles. The molecule has 0 saturated carbocycles. The summed E-state index contributed by atoms with van der Waals surface area (Å²) in [6.07, 6.45) is 0.0353. The first-order valence-electron chi connectivity index (χ1n) is 8.65. The predicted molar refractivity (Wildman–Crippen MR) is 102 cm³/mol. The molecule has 0 aliphatic heterocycles. The Kier molecular flexibility index (Phi) is 7.58. The highest BCUT2D eigenvalue weighted by atomic mass is 31.2. The van der Waals surface area contributed by atoms with E-state index < -0.39 is 13.3 Å². The van der Waals surface area contributed by atoms with Gasteiger partial charge >= 0.3 is 7.60 Å². The largest absolute Gasteiger partial charge is 0.497 e. The van der Waals surface area contributed by atoms with Crippen molar-refractivity contribution < 1.29 is 23.1 Å². The fourth-order valence-electron chi connectivity index (χ4n) is 2.73. The van der Waals surface area contributed by atoms with Crippen LogP contribution < -0.4 is 4.74 Å². The van der Waals surface area contributed by atoms with Crippen molar-refractivity contribution in [1.82, 2.24) is 0 Å². The van der Waals surface area contributed by atoms with Gasteiger partial charge in [0.1, 0.15) is 5.75 Å². The number of carbonyl (C=O) groups excluding carboxylic acids is 1. The van der Waals surface area contributed by atoms with E-state index in [2.05, 4.69) is 0 Å². The Labute approximate surface area is 154 Å². The first-order chi connectivity index (χ1) is 12.5. The average Bonchev–Trinajstić information content (AvgIpc) is 2.67. The summed E-state index contributed by atoms with van der Waals surface area (Å²) in [4.78, 5) is 12.8. The van der Waals surface area contributed by atoms with Crippen LogP contribution in [0.5, 0.6) is 5.75 Å². The van der Waals surface area contributed by atoms with E-state index in [0.29, 0.717) is 11.3 Å². The normalized spacial score (nSPS) is 12.6. The van der Waals surface area contributed by atoms with Gasteiger partial charge < -0.3 is 13.8 Å². The molecule has 2 aromatic rings. The smallest absolute Gasteiger partial charge is 0.338 e. The van der Waals surface area contributed by atoms with E-state index in [4.69, 9.17) is 13.8 Å². The summed E-state index contributed by atoms with van der Waals surface area (Å²) >= 11 is 0. The van der Waals surface area contributed by atoms with Crippen LogP contribution in [0.2, 0.25) is 0 Å². The number of rotatable bonds is 10. The lowest BCUT2D eigenvalue weighted by Crippen LogP contribution is -2.12. The SMILES string of the molecule is CCOP(=O)(OCC)C(CC(=O)c1ccc(OC)cc1)c1ccccc1. The molecule has 140 valence electrons. The molecule has 26 heavy (non-hydrogen) atoms. The summed E-state index contributed by atoms with van der Waals surface area (Å²) < 4.78 is 29.5. The van der Waals surface area contributed by atoms with Crippen molar-refractivity contribution in [3.05, 3.63) is 65.7 Å². The minimum absolute atomic E-state index is 0.0353. The Morgan fingerprint density at radius 3 is 2.04 bits per heavy atom. The van der Waals surface area contributed by atoms with Crippen LogP contribution in [-0.4, -0.2) is 26.1 Å². The van der Waals surface area contributed by atoms with Crippen LogP contribution in [0.1, 0.15) is 41.8 Å². The van der Waals surface area contributed by atoms with Crippen LogP contribution in [0.4, 0.5) is 0 Å². The summed E-state index contributed by atoms with van der Waals surface area (Å²) in [7, 11) is -1.91. The Morgan fingerprint density at radius 1 is 0.962 bits per heavy atom. The molecule has 0 spiro atoms. The zero-order valence-electron chi connectivity index (χ0n) is 15.4. The lowest BCUT2D eigenvalue weighted by molar-refractivity contribution is 0.0973. The van der Waals surface area contributed by atoms with Crippen molar-refractivity contribution in [2.45, 2.75) is 25.9 Å². The number of hydrogen-bond donors (Lipinski definition) is 0. The van der Waals surface area contributed by atoms with E-state index in [1.807, 2.05) is 30.3 Å². The maximum Gasteiger partial charge on any atom is 0.338 e. The van der Waals surface area contributed by atoms with Crippen LogP contribution in [0.25, 0.3) is 0 Å². The molecule has 1 atom stereocenters. The average molecular weight is 376 g/mol. The zero-order chi connectivity index (χ0) is 19.0. The number of Topliss-reactive ketones (excluding diaryl/α,β-unsaturated/α-hetero) is 1. The van der Waals surface area contributed by atoms with Crippen molar-refractivity contribution in [2.24, 2.45) is 0 Å². The summed E-state index contributed by atoms with van der Waals surface area (Å²) in [6.45, 7) is 4.02. The second-order valence-corrected chi connectivity index (χ2v) is 7.88. The number of hydrogen-bond acceptors (Lipinski definition) is 5. The lowest BCUT2D eigenvalue weighted by atomic mass is 10.0. The van der Waals surface area contributed by atoms with Crippen molar-refractivity contribution in [3.63, 3.8) is 0 Å². The second-order valence-electron chi connectivity index (χ2n) is 5.66. The van der Waals surface area contributed by atoms with Crippen molar-refractivity contribution in [2.75, 3.05) is 20.3 Å². The summed E-state index contributed by atoms with van der Waals surface area (Å²) in [5.74, 6) is 0.552. The molecule has 0 aromatic heterocycles. The van der Waals surface area contributed by atoms with Gasteiger partial charge in [-0.2, -0.15) is 0 Å². The topological polar surface area (TPSA) is 61.8 Å². The maximum absolute atomic E-state index is 13.4. The van der Waals surface area contributed by atoms with Gasteiger partial charge in [0.05, 0.1) is 26.0 Å². The molecule has 6 heteroatoms. The third-order valence-corrected chi connectivity index (χ3v) is 6.46. The van der Waals surface area contributed by atoms with Gasteiger partial charge in [0, 0.05) is 12.0 Å². The molecule has 1 unspecified atom stereocenters. The third kappa shape index (κ3) is 5.04. The summed E-state index contributed by atoms with van der Waals surface area (Å²) in [6, 6.07) is 16.1. The fraction of sp³-hybridized carbons (Fsp3) is 0.350. The highest BCUT2D eigenvalue weighted by Crippen LogP contribution is 2.62. The summed E-state index contributed by atoms with van der Waals surface area (Å²) in [5.41, 5.74) is 0.643. The van der Waals surface area contributed by atoms with E-state index in [9.17, 15) is 9.36 Å². The van der Waals surface area contributed by atoms with Gasteiger partial charge in [-0.3, -0.25) is 9.36 Å². The van der Waals surface area contributed by atoms with Crippen LogP contribution in [0.3, 0.4) is 0 Å².